The molecule has 0 bridgehead atoms. The molecule has 1 fully saturated rings. The molecule has 1 amide bonds. The molecule has 0 radical (unpaired) electrons. The second kappa shape index (κ2) is 11.6. The van der Waals surface area contributed by atoms with Crippen molar-refractivity contribution in [3.8, 4) is 5.75 Å². The SMILES string of the molecule is Cc1ccc(S(=O)(=O)n2ccc3c(N4CCCC(c5ccc(OC(F)(F)F)c(NC(=O)OC(C)(C)C)c5)C4)ncnc32)cc1. The lowest BCUT2D eigenvalue weighted by Crippen LogP contribution is -2.35. The Labute approximate surface area is 252 Å². The standard InChI is InChI=1S/C30H32F3N5O5S/c1-19-7-10-22(11-8-19)44(40,41)38-15-13-23-26(34-18-35-27(23)38)37-14-5-6-21(17-37)20-9-12-25(42-30(31,32)33)24(16-20)36-28(39)43-29(2,3)4/h7-13,15-16,18,21H,5-6,14,17H2,1-4H3,(H,36,39). The van der Waals surface area contributed by atoms with Crippen LogP contribution in [0, 0.1) is 6.92 Å². The fraction of sp³-hybridized carbons (Fsp3) is 0.367. The summed E-state index contributed by atoms with van der Waals surface area (Å²) in [5.74, 6) is -0.165. The van der Waals surface area contributed by atoms with Gasteiger partial charge >= 0.3 is 12.5 Å². The number of nitrogens with zero attached hydrogens (tertiary/aromatic N) is 4. The fourth-order valence-corrected chi connectivity index (χ4v) is 6.45. The predicted molar refractivity (Wildman–Crippen MR) is 158 cm³/mol. The van der Waals surface area contributed by atoms with E-state index in [4.69, 9.17) is 4.74 Å². The van der Waals surface area contributed by atoms with E-state index < -0.39 is 33.8 Å². The number of nitrogens with one attached hydrogen (secondary N) is 1. The number of aromatic nitrogens is 3. The van der Waals surface area contributed by atoms with Crippen LogP contribution in [0.4, 0.5) is 29.5 Å². The molecule has 1 atom stereocenters. The lowest BCUT2D eigenvalue weighted by molar-refractivity contribution is -0.274. The number of carbonyl (C=O) groups is 1. The summed E-state index contributed by atoms with van der Waals surface area (Å²) in [6.45, 7) is 7.86. The number of alkyl halides is 3. The van der Waals surface area contributed by atoms with Crippen molar-refractivity contribution in [1.29, 1.82) is 0 Å². The molecule has 0 aliphatic carbocycles. The lowest BCUT2D eigenvalue weighted by Gasteiger charge is -2.34. The summed E-state index contributed by atoms with van der Waals surface area (Å²) in [4.78, 5) is 23.3. The van der Waals surface area contributed by atoms with Crippen LogP contribution in [0.3, 0.4) is 0 Å². The van der Waals surface area contributed by atoms with Gasteiger partial charge in [-0.1, -0.05) is 23.8 Å². The van der Waals surface area contributed by atoms with Crippen LogP contribution >= 0.6 is 0 Å². The highest BCUT2D eigenvalue weighted by atomic mass is 32.2. The van der Waals surface area contributed by atoms with E-state index in [1.807, 2.05) is 11.8 Å². The molecule has 4 aromatic rings. The van der Waals surface area contributed by atoms with Gasteiger partial charge in [0.15, 0.2) is 11.4 Å². The minimum absolute atomic E-state index is 0.132. The van der Waals surface area contributed by atoms with Gasteiger partial charge < -0.3 is 14.4 Å². The monoisotopic (exact) mass is 631 g/mol. The quantitative estimate of drug-likeness (QED) is 0.253. The third-order valence-electron chi connectivity index (χ3n) is 7.06. The Bertz CT molecular complexity index is 1780. The van der Waals surface area contributed by atoms with Gasteiger partial charge in [-0.25, -0.2) is 27.2 Å². The summed E-state index contributed by atoms with van der Waals surface area (Å²) in [5, 5.41) is 2.94. The third kappa shape index (κ3) is 6.90. The molecular formula is C30H32F3N5O5S. The number of hydrogen-bond donors (Lipinski definition) is 1. The molecular weight excluding hydrogens is 599 g/mol. The van der Waals surface area contributed by atoms with E-state index in [2.05, 4.69) is 20.0 Å². The maximum absolute atomic E-state index is 13.4. The molecule has 44 heavy (non-hydrogen) atoms. The summed E-state index contributed by atoms with van der Waals surface area (Å²) in [6, 6.07) is 12.4. The molecule has 5 rings (SSSR count). The first kappa shape index (κ1) is 31.1. The van der Waals surface area contributed by atoms with Crippen molar-refractivity contribution in [2.45, 2.75) is 63.3 Å². The molecule has 1 N–H and O–H groups in total. The topological polar surface area (TPSA) is 116 Å². The first-order valence-corrected chi connectivity index (χ1v) is 15.3. The number of fused-ring (bicyclic) bond motifs is 1. The zero-order chi connectivity index (χ0) is 31.9. The van der Waals surface area contributed by atoms with Gasteiger partial charge in [-0.3, -0.25) is 5.32 Å². The van der Waals surface area contributed by atoms with Gasteiger partial charge in [0.1, 0.15) is 17.7 Å². The summed E-state index contributed by atoms with van der Waals surface area (Å²) in [5.41, 5.74) is 0.808. The van der Waals surface area contributed by atoms with Crippen LogP contribution in [0.2, 0.25) is 0 Å². The molecule has 2 aromatic heterocycles. The van der Waals surface area contributed by atoms with Gasteiger partial charge in [0, 0.05) is 25.2 Å². The fourth-order valence-electron chi connectivity index (χ4n) is 5.15. The van der Waals surface area contributed by atoms with Crippen molar-refractivity contribution in [2.75, 3.05) is 23.3 Å². The van der Waals surface area contributed by atoms with Crippen LogP contribution < -0.4 is 15.0 Å². The van der Waals surface area contributed by atoms with Crippen molar-refractivity contribution in [3.63, 3.8) is 0 Å². The highest BCUT2D eigenvalue weighted by molar-refractivity contribution is 7.90. The van der Waals surface area contributed by atoms with E-state index in [0.717, 1.165) is 22.4 Å². The minimum atomic E-state index is -4.96. The number of hydrogen-bond acceptors (Lipinski definition) is 8. The van der Waals surface area contributed by atoms with E-state index in [9.17, 15) is 26.4 Å². The molecule has 14 heteroatoms. The number of amides is 1. The van der Waals surface area contributed by atoms with Crippen LogP contribution in [-0.4, -0.2) is 53.5 Å². The molecule has 1 aliphatic rings. The van der Waals surface area contributed by atoms with Gasteiger partial charge in [-0.2, -0.15) is 0 Å². The summed E-state index contributed by atoms with van der Waals surface area (Å²) in [7, 11) is -3.91. The molecule has 1 aliphatic heterocycles. The van der Waals surface area contributed by atoms with E-state index in [1.54, 1.807) is 51.1 Å². The van der Waals surface area contributed by atoms with Crippen molar-refractivity contribution >= 4 is 38.7 Å². The largest absolute Gasteiger partial charge is 0.573 e. The molecule has 0 spiro atoms. The zero-order valence-electron chi connectivity index (χ0n) is 24.6. The molecule has 1 unspecified atom stereocenters. The smallest absolute Gasteiger partial charge is 0.444 e. The Hall–Kier alpha value is -4.33. The number of rotatable bonds is 6. The Morgan fingerprint density at radius 2 is 1.77 bits per heavy atom. The summed E-state index contributed by atoms with van der Waals surface area (Å²) < 4.78 is 76.7. The maximum atomic E-state index is 13.4. The summed E-state index contributed by atoms with van der Waals surface area (Å²) in [6.07, 6.45) is -1.66. The Morgan fingerprint density at radius 1 is 1.05 bits per heavy atom. The average molecular weight is 632 g/mol. The Kier molecular flexibility index (Phi) is 8.23. The van der Waals surface area contributed by atoms with Crippen molar-refractivity contribution in [2.24, 2.45) is 0 Å². The van der Waals surface area contributed by atoms with Crippen molar-refractivity contribution < 1.29 is 35.9 Å². The van der Waals surface area contributed by atoms with Crippen LogP contribution in [-0.2, 0) is 14.8 Å². The number of aryl methyl sites for hydroxylation is 1. The number of piperidine rings is 1. The van der Waals surface area contributed by atoms with E-state index in [0.29, 0.717) is 29.9 Å². The van der Waals surface area contributed by atoms with Crippen LogP contribution in [0.15, 0.2) is 66.0 Å². The number of anilines is 2. The van der Waals surface area contributed by atoms with Gasteiger partial charge in [-0.05, 0) is 76.4 Å². The molecule has 2 aromatic carbocycles. The Balaban J connectivity index is 1.44. The average Bonchev–Trinajstić information content (AvgIpc) is 3.38. The molecule has 10 nitrogen and oxygen atoms in total. The van der Waals surface area contributed by atoms with Gasteiger partial charge in [0.2, 0.25) is 0 Å². The van der Waals surface area contributed by atoms with Crippen molar-refractivity contribution in [3.05, 3.63) is 72.2 Å². The Morgan fingerprint density at radius 3 is 2.45 bits per heavy atom. The maximum Gasteiger partial charge on any atom is 0.573 e. The van der Waals surface area contributed by atoms with E-state index in [1.165, 1.54) is 30.7 Å². The normalized spacial score (nSPS) is 16.2. The molecule has 3 heterocycles. The second-order valence-corrected chi connectivity index (χ2v) is 13.4. The van der Waals surface area contributed by atoms with Crippen LogP contribution in [0.5, 0.6) is 5.75 Å². The number of benzene rings is 2. The highest BCUT2D eigenvalue weighted by Gasteiger charge is 2.33. The number of carbonyl (C=O) groups excluding carboxylic acids is 1. The second-order valence-electron chi connectivity index (χ2n) is 11.6. The molecule has 234 valence electrons. The van der Waals surface area contributed by atoms with Gasteiger partial charge in [0.25, 0.3) is 10.0 Å². The number of halogens is 3. The lowest BCUT2D eigenvalue weighted by atomic mass is 9.90. The minimum Gasteiger partial charge on any atom is -0.444 e. The van der Waals surface area contributed by atoms with E-state index in [-0.39, 0.29) is 22.1 Å². The van der Waals surface area contributed by atoms with Gasteiger partial charge in [0.05, 0.1) is 16.0 Å². The number of ether oxygens (including phenoxy) is 2. The highest BCUT2D eigenvalue weighted by Crippen LogP contribution is 2.37. The van der Waals surface area contributed by atoms with Crippen LogP contribution in [0.25, 0.3) is 11.0 Å². The molecule has 1 saturated heterocycles. The van der Waals surface area contributed by atoms with Crippen molar-refractivity contribution in [1.82, 2.24) is 13.9 Å². The van der Waals surface area contributed by atoms with Crippen LogP contribution in [0.1, 0.15) is 50.7 Å². The first-order chi connectivity index (χ1) is 20.6. The zero-order valence-corrected chi connectivity index (χ0v) is 25.4. The molecule has 0 saturated carbocycles. The van der Waals surface area contributed by atoms with E-state index >= 15 is 0 Å². The van der Waals surface area contributed by atoms with Gasteiger partial charge in [-0.15, -0.1) is 13.2 Å². The summed E-state index contributed by atoms with van der Waals surface area (Å²) >= 11 is 0. The third-order valence-corrected chi connectivity index (χ3v) is 8.74. The first-order valence-electron chi connectivity index (χ1n) is 13.9. The predicted octanol–water partition coefficient (Wildman–Crippen LogP) is 6.61.